The summed E-state index contributed by atoms with van der Waals surface area (Å²) in [4.78, 5) is 25.9. The van der Waals surface area contributed by atoms with E-state index in [0.29, 0.717) is 0 Å². The zero-order chi connectivity index (χ0) is 11.3. The molecule has 0 aliphatic carbocycles. The molecule has 0 aliphatic rings. The van der Waals surface area contributed by atoms with Crippen molar-refractivity contribution in [2.24, 2.45) is 0 Å². The molecule has 1 aromatic heterocycles. The minimum atomic E-state index is -0.670. The molecule has 0 saturated carbocycles. The number of nitrogens with zero attached hydrogens (tertiary/aromatic N) is 1. The molecule has 1 N–H and O–H groups in total. The zero-order valence-electron chi connectivity index (χ0n) is 7.99. The van der Waals surface area contributed by atoms with Crippen molar-refractivity contribution < 1.29 is 14.3 Å². The van der Waals surface area contributed by atoms with Gasteiger partial charge in [-0.3, -0.25) is 4.79 Å². The van der Waals surface area contributed by atoms with E-state index in [1.807, 2.05) is 0 Å². The number of ether oxygens (including phenoxy) is 1. The molecule has 15 heavy (non-hydrogen) atoms. The van der Waals surface area contributed by atoms with Crippen LogP contribution in [-0.4, -0.2) is 30.5 Å². The van der Waals surface area contributed by atoms with E-state index in [-0.39, 0.29) is 23.2 Å². The molecule has 6 heteroatoms. The standard InChI is InChI=1S/C9H9ClN2O3/c1-11-7(13)5-15-9(14)6-3-2-4-12-8(6)10/h2-4H,5H2,1H3,(H,11,13). The summed E-state index contributed by atoms with van der Waals surface area (Å²) in [5.41, 5.74) is 0.142. The molecule has 0 atom stereocenters. The fraction of sp³-hybridized carbons (Fsp3) is 0.222. The van der Waals surface area contributed by atoms with E-state index in [4.69, 9.17) is 11.6 Å². The highest BCUT2D eigenvalue weighted by atomic mass is 35.5. The van der Waals surface area contributed by atoms with E-state index in [1.165, 1.54) is 19.3 Å². The second-order valence-corrected chi connectivity index (χ2v) is 2.95. The number of likely N-dealkylation sites (N-methyl/N-ethyl adjacent to an activating group) is 1. The Hall–Kier alpha value is -1.62. The van der Waals surface area contributed by atoms with Gasteiger partial charge >= 0.3 is 5.97 Å². The smallest absolute Gasteiger partial charge is 0.341 e. The molecule has 1 rings (SSSR count). The molecule has 1 heterocycles. The monoisotopic (exact) mass is 228 g/mol. The average molecular weight is 229 g/mol. The van der Waals surface area contributed by atoms with Crippen molar-refractivity contribution in [1.29, 1.82) is 0 Å². The molecule has 0 aromatic carbocycles. The van der Waals surface area contributed by atoms with Crippen LogP contribution in [0, 0.1) is 0 Å². The van der Waals surface area contributed by atoms with Crippen LogP contribution in [0.4, 0.5) is 0 Å². The van der Waals surface area contributed by atoms with Crippen LogP contribution >= 0.6 is 11.6 Å². The number of aromatic nitrogens is 1. The maximum absolute atomic E-state index is 11.4. The fourth-order valence-electron chi connectivity index (χ4n) is 0.819. The van der Waals surface area contributed by atoms with Gasteiger partial charge in [-0.25, -0.2) is 9.78 Å². The first-order valence-corrected chi connectivity index (χ1v) is 4.51. The molecule has 0 saturated heterocycles. The summed E-state index contributed by atoms with van der Waals surface area (Å²) in [7, 11) is 1.45. The first-order chi connectivity index (χ1) is 7.15. The first kappa shape index (κ1) is 11.5. The van der Waals surface area contributed by atoms with Crippen molar-refractivity contribution in [3.05, 3.63) is 29.0 Å². The molecule has 80 valence electrons. The summed E-state index contributed by atoms with van der Waals surface area (Å²) in [6.07, 6.45) is 1.46. The Bertz CT molecular complexity index is 381. The van der Waals surface area contributed by atoms with E-state index < -0.39 is 5.97 Å². The molecule has 0 radical (unpaired) electrons. The van der Waals surface area contributed by atoms with Gasteiger partial charge in [-0.2, -0.15) is 0 Å². The van der Waals surface area contributed by atoms with E-state index in [1.54, 1.807) is 6.07 Å². The highest BCUT2D eigenvalue weighted by Gasteiger charge is 2.13. The van der Waals surface area contributed by atoms with Crippen LogP contribution in [0.15, 0.2) is 18.3 Å². The topological polar surface area (TPSA) is 68.3 Å². The molecule has 0 aliphatic heterocycles. The molecule has 0 spiro atoms. The number of carbonyl (C=O) groups is 2. The second-order valence-electron chi connectivity index (χ2n) is 2.59. The van der Waals surface area contributed by atoms with Gasteiger partial charge in [-0.1, -0.05) is 11.6 Å². The Morgan fingerprint density at radius 3 is 2.93 bits per heavy atom. The van der Waals surface area contributed by atoms with E-state index in [9.17, 15) is 9.59 Å². The van der Waals surface area contributed by atoms with Crippen LogP contribution in [0.1, 0.15) is 10.4 Å². The van der Waals surface area contributed by atoms with E-state index >= 15 is 0 Å². The van der Waals surface area contributed by atoms with Crippen molar-refractivity contribution >= 4 is 23.5 Å². The van der Waals surface area contributed by atoms with Gasteiger partial charge in [0.25, 0.3) is 5.91 Å². The molecule has 0 bridgehead atoms. The summed E-state index contributed by atoms with van der Waals surface area (Å²) in [5, 5.41) is 2.38. The average Bonchev–Trinajstić information content (AvgIpc) is 2.26. The van der Waals surface area contributed by atoms with Gasteiger partial charge in [0.05, 0.1) is 5.56 Å². The minimum absolute atomic E-state index is 0.0550. The van der Waals surface area contributed by atoms with Gasteiger partial charge in [0.15, 0.2) is 6.61 Å². The third-order valence-electron chi connectivity index (χ3n) is 1.59. The lowest BCUT2D eigenvalue weighted by Gasteiger charge is -2.04. The fourth-order valence-corrected chi connectivity index (χ4v) is 1.02. The lowest BCUT2D eigenvalue weighted by molar-refractivity contribution is -0.123. The molecule has 1 aromatic rings. The largest absolute Gasteiger partial charge is 0.452 e. The van der Waals surface area contributed by atoms with E-state index in [0.717, 1.165) is 0 Å². The lowest BCUT2D eigenvalue weighted by atomic mass is 10.3. The van der Waals surface area contributed by atoms with Crippen LogP contribution in [0.3, 0.4) is 0 Å². The van der Waals surface area contributed by atoms with Crippen molar-refractivity contribution in [3.8, 4) is 0 Å². The number of esters is 1. The van der Waals surface area contributed by atoms with Gasteiger partial charge in [-0.05, 0) is 12.1 Å². The Labute approximate surface area is 91.4 Å². The normalized spacial score (nSPS) is 9.47. The van der Waals surface area contributed by atoms with Crippen molar-refractivity contribution in [1.82, 2.24) is 10.3 Å². The second kappa shape index (κ2) is 5.31. The van der Waals surface area contributed by atoms with Crippen LogP contribution < -0.4 is 5.32 Å². The number of carbonyl (C=O) groups excluding carboxylic acids is 2. The summed E-state index contributed by atoms with van der Waals surface area (Å²) >= 11 is 5.66. The number of hydrogen-bond donors (Lipinski definition) is 1. The Kier molecular flexibility index (Phi) is 4.05. The summed E-state index contributed by atoms with van der Waals surface area (Å²) < 4.78 is 4.69. The van der Waals surface area contributed by atoms with Crippen LogP contribution in [0.2, 0.25) is 5.15 Å². The third-order valence-corrected chi connectivity index (χ3v) is 1.89. The summed E-state index contributed by atoms with van der Waals surface area (Å²) in [5.74, 6) is -1.06. The van der Waals surface area contributed by atoms with E-state index in [2.05, 4.69) is 15.0 Å². The van der Waals surface area contributed by atoms with Crippen molar-refractivity contribution in [2.45, 2.75) is 0 Å². The first-order valence-electron chi connectivity index (χ1n) is 4.13. The molecule has 5 nitrogen and oxygen atoms in total. The number of halogens is 1. The van der Waals surface area contributed by atoms with Gasteiger partial charge in [-0.15, -0.1) is 0 Å². The number of rotatable bonds is 3. The number of amides is 1. The molecule has 0 fully saturated rings. The third kappa shape index (κ3) is 3.21. The highest BCUT2D eigenvalue weighted by Crippen LogP contribution is 2.12. The highest BCUT2D eigenvalue weighted by molar-refractivity contribution is 6.32. The maximum atomic E-state index is 11.4. The summed E-state index contributed by atoms with van der Waals surface area (Å²) in [6, 6.07) is 3.03. The van der Waals surface area contributed by atoms with Crippen LogP contribution in [-0.2, 0) is 9.53 Å². The van der Waals surface area contributed by atoms with Crippen LogP contribution in [0.5, 0.6) is 0 Å². The predicted molar refractivity (Wildman–Crippen MR) is 53.6 cm³/mol. The molecular weight excluding hydrogens is 220 g/mol. The zero-order valence-corrected chi connectivity index (χ0v) is 8.75. The quantitative estimate of drug-likeness (QED) is 0.609. The summed E-state index contributed by atoms with van der Waals surface area (Å²) in [6.45, 7) is -0.333. The SMILES string of the molecule is CNC(=O)COC(=O)c1cccnc1Cl. The maximum Gasteiger partial charge on any atom is 0.341 e. The molecule has 0 unspecified atom stereocenters. The van der Waals surface area contributed by atoms with Crippen LogP contribution in [0.25, 0.3) is 0 Å². The van der Waals surface area contributed by atoms with Gasteiger partial charge in [0, 0.05) is 13.2 Å². The molecular formula is C9H9ClN2O3. The van der Waals surface area contributed by atoms with Crippen molar-refractivity contribution in [3.63, 3.8) is 0 Å². The number of nitrogens with one attached hydrogen (secondary N) is 1. The van der Waals surface area contributed by atoms with Gasteiger partial charge < -0.3 is 10.1 Å². The number of hydrogen-bond acceptors (Lipinski definition) is 4. The molecule has 1 amide bonds. The Morgan fingerprint density at radius 1 is 1.60 bits per heavy atom. The lowest BCUT2D eigenvalue weighted by Crippen LogP contribution is -2.25. The Morgan fingerprint density at radius 2 is 2.33 bits per heavy atom. The predicted octanol–water partition coefficient (Wildman–Crippen LogP) is 0.638. The van der Waals surface area contributed by atoms with Gasteiger partial charge in [0.1, 0.15) is 5.15 Å². The Balaban J connectivity index is 2.62. The minimum Gasteiger partial charge on any atom is -0.452 e. The van der Waals surface area contributed by atoms with Gasteiger partial charge in [0.2, 0.25) is 0 Å². The van der Waals surface area contributed by atoms with Crippen molar-refractivity contribution in [2.75, 3.05) is 13.7 Å². The number of pyridine rings is 1.